The van der Waals surface area contributed by atoms with Gasteiger partial charge in [0, 0.05) is 43.1 Å². The topological polar surface area (TPSA) is 54.9 Å². The predicted molar refractivity (Wildman–Crippen MR) is 98.9 cm³/mol. The smallest absolute Gasteiger partial charge is 0.191 e. The molecule has 2 saturated carbocycles. The van der Waals surface area contributed by atoms with E-state index < -0.39 is 0 Å². The van der Waals surface area contributed by atoms with Gasteiger partial charge in [-0.05, 0) is 32.3 Å². The zero-order valence-electron chi connectivity index (χ0n) is 15.3. The first-order valence-electron chi connectivity index (χ1n) is 9.58. The fourth-order valence-electron chi connectivity index (χ4n) is 4.92. The third kappa shape index (κ3) is 2.78. The van der Waals surface area contributed by atoms with Gasteiger partial charge in [-0.15, -0.1) is 0 Å². The average molecular weight is 343 g/mol. The summed E-state index contributed by atoms with van der Waals surface area (Å²) in [6.45, 7) is 4.32. The number of hydrogen-bond donors (Lipinski definition) is 2. The first kappa shape index (κ1) is 16.7. The monoisotopic (exact) mass is 343 g/mol. The zero-order valence-corrected chi connectivity index (χ0v) is 15.3. The van der Waals surface area contributed by atoms with E-state index in [-0.39, 0.29) is 0 Å². The van der Waals surface area contributed by atoms with Crippen molar-refractivity contribution in [2.75, 3.05) is 20.3 Å². The Balaban J connectivity index is 1.39. The summed E-state index contributed by atoms with van der Waals surface area (Å²) >= 11 is 0. The molecule has 5 heteroatoms. The van der Waals surface area contributed by atoms with E-state index >= 15 is 0 Å². The van der Waals surface area contributed by atoms with Gasteiger partial charge in [-0.1, -0.05) is 24.6 Å². The van der Waals surface area contributed by atoms with E-state index in [0.717, 1.165) is 23.9 Å². The molecule has 2 N–H and O–H groups in total. The lowest BCUT2D eigenvalue weighted by Crippen LogP contribution is -2.72. The summed E-state index contributed by atoms with van der Waals surface area (Å²) in [5.41, 5.74) is 1.52. The minimum absolute atomic E-state index is 0.363. The number of hydrogen-bond acceptors (Lipinski definition) is 3. The Morgan fingerprint density at radius 2 is 2.20 bits per heavy atom. The van der Waals surface area contributed by atoms with E-state index in [0.29, 0.717) is 36.6 Å². The SMILES string of the molecule is CCOc1ccccc1CNC(=NC)NC1C2CCOC2C12CCC2. The molecule has 1 aliphatic heterocycles. The van der Waals surface area contributed by atoms with Crippen LogP contribution < -0.4 is 15.4 Å². The standard InChI is InChI=1S/C20H29N3O2/c1-3-24-16-8-5-4-7-14(16)13-22-19(21-2)23-17-15-9-12-25-18(15)20(17)10-6-11-20/h4-5,7-8,15,17-18H,3,6,9-13H2,1-2H3,(H2,21,22,23). The predicted octanol–water partition coefficient (Wildman–Crippen LogP) is 2.71. The molecule has 25 heavy (non-hydrogen) atoms. The van der Waals surface area contributed by atoms with Crippen LogP contribution in [-0.2, 0) is 11.3 Å². The van der Waals surface area contributed by atoms with E-state index in [1.54, 1.807) is 0 Å². The van der Waals surface area contributed by atoms with Crippen molar-refractivity contribution in [3.8, 4) is 5.75 Å². The maximum absolute atomic E-state index is 6.01. The van der Waals surface area contributed by atoms with E-state index in [4.69, 9.17) is 9.47 Å². The number of nitrogens with zero attached hydrogens (tertiary/aromatic N) is 1. The quantitative estimate of drug-likeness (QED) is 0.638. The van der Waals surface area contributed by atoms with Crippen LogP contribution >= 0.6 is 0 Å². The molecule has 2 aliphatic carbocycles. The van der Waals surface area contributed by atoms with Crippen LogP contribution in [0.3, 0.4) is 0 Å². The Morgan fingerprint density at radius 3 is 2.92 bits per heavy atom. The molecule has 1 saturated heterocycles. The zero-order chi connectivity index (χ0) is 17.3. The van der Waals surface area contributed by atoms with E-state index in [2.05, 4.69) is 21.7 Å². The molecule has 0 radical (unpaired) electrons. The molecule has 0 amide bonds. The van der Waals surface area contributed by atoms with Crippen molar-refractivity contribution < 1.29 is 9.47 Å². The van der Waals surface area contributed by atoms with Crippen LogP contribution in [0.4, 0.5) is 0 Å². The largest absolute Gasteiger partial charge is 0.494 e. The normalized spacial score (nSPS) is 29.5. The summed E-state index contributed by atoms with van der Waals surface area (Å²) in [6, 6.07) is 8.68. The lowest BCUT2D eigenvalue weighted by Gasteiger charge is -2.63. The van der Waals surface area contributed by atoms with Crippen LogP contribution in [-0.4, -0.2) is 38.4 Å². The summed E-state index contributed by atoms with van der Waals surface area (Å²) in [4.78, 5) is 4.45. The highest BCUT2D eigenvalue weighted by molar-refractivity contribution is 5.80. The molecule has 1 aromatic carbocycles. The second-order valence-electron chi connectivity index (χ2n) is 7.42. The Kier molecular flexibility index (Phi) is 4.59. The maximum Gasteiger partial charge on any atom is 0.191 e. The molecule has 1 spiro atoms. The highest BCUT2D eigenvalue weighted by atomic mass is 16.5. The second kappa shape index (κ2) is 6.87. The molecule has 4 rings (SSSR count). The minimum atomic E-state index is 0.363. The lowest BCUT2D eigenvalue weighted by atomic mass is 9.46. The molecule has 1 aromatic rings. The fourth-order valence-corrected chi connectivity index (χ4v) is 4.92. The van der Waals surface area contributed by atoms with Crippen LogP contribution in [0, 0.1) is 11.3 Å². The van der Waals surface area contributed by atoms with Gasteiger partial charge >= 0.3 is 0 Å². The van der Waals surface area contributed by atoms with Crippen molar-refractivity contribution in [2.24, 2.45) is 16.3 Å². The number of nitrogens with one attached hydrogen (secondary N) is 2. The lowest BCUT2D eigenvalue weighted by molar-refractivity contribution is -0.171. The number of fused-ring (bicyclic) bond motifs is 2. The Morgan fingerprint density at radius 1 is 1.36 bits per heavy atom. The Bertz CT molecular complexity index is 642. The summed E-state index contributed by atoms with van der Waals surface area (Å²) in [5, 5.41) is 7.17. The number of benzene rings is 1. The van der Waals surface area contributed by atoms with Crippen molar-refractivity contribution in [1.29, 1.82) is 0 Å². The van der Waals surface area contributed by atoms with Gasteiger partial charge in [0.1, 0.15) is 5.75 Å². The van der Waals surface area contributed by atoms with Gasteiger partial charge in [-0.3, -0.25) is 4.99 Å². The van der Waals surface area contributed by atoms with Crippen molar-refractivity contribution in [3.63, 3.8) is 0 Å². The van der Waals surface area contributed by atoms with Crippen molar-refractivity contribution >= 4 is 5.96 Å². The van der Waals surface area contributed by atoms with Crippen LogP contribution in [0.1, 0.15) is 38.2 Å². The Labute approximate surface area is 150 Å². The summed E-state index contributed by atoms with van der Waals surface area (Å²) < 4.78 is 11.7. The van der Waals surface area contributed by atoms with Gasteiger partial charge in [0.2, 0.25) is 0 Å². The molecule has 0 aromatic heterocycles. The minimum Gasteiger partial charge on any atom is -0.494 e. The van der Waals surface area contributed by atoms with Crippen LogP contribution in [0.5, 0.6) is 5.75 Å². The summed E-state index contributed by atoms with van der Waals surface area (Å²) in [6.07, 6.45) is 5.56. The van der Waals surface area contributed by atoms with Crippen molar-refractivity contribution in [3.05, 3.63) is 29.8 Å². The number of ether oxygens (including phenoxy) is 2. The third-order valence-electron chi connectivity index (χ3n) is 6.27. The molecular formula is C20H29N3O2. The second-order valence-corrected chi connectivity index (χ2v) is 7.42. The van der Waals surface area contributed by atoms with Gasteiger partial charge in [-0.25, -0.2) is 0 Å². The average Bonchev–Trinajstić information content (AvgIpc) is 3.00. The molecule has 3 aliphatic rings. The molecule has 136 valence electrons. The first-order chi connectivity index (χ1) is 12.3. The highest BCUT2D eigenvalue weighted by Gasteiger charge is 2.66. The van der Waals surface area contributed by atoms with Gasteiger partial charge in [0.05, 0.1) is 12.7 Å². The third-order valence-corrected chi connectivity index (χ3v) is 6.27. The van der Waals surface area contributed by atoms with E-state index in [1.807, 2.05) is 32.2 Å². The summed E-state index contributed by atoms with van der Waals surface area (Å²) in [7, 11) is 1.85. The molecule has 0 bridgehead atoms. The maximum atomic E-state index is 6.01. The highest BCUT2D eigenvalue weighted by Crippen LogP contribution is 2.62. The van der Waals surface area contributed by atoms with E-state index in [9.17, 15) is 0 Å². The first-order valence-corrected chi connectivity index (χ1v) is 9.58. The van der Waals surface area contributed by atoms with Crippen LogP contribution in [0.15, 0.2) is 29.3 Å². The number of rotatable bonds is 5. The molecule has 3 fully saturated rings. The van der Waals surface area contributed by atoms with Crippen molar-refractivity contribution in [2.45, 2.75) is 51.3 Å². The molecule has 1 heterocycles. The van der Waals surface area contributed by atoms with Gasteiger partial charge in [0.15, 0.2) is 5.96 Å². The number of para-hydroxylation sites is 1. The number of guanidine groups is 1. The van der Waals surface area contributed by atoms with Gasteiger partial charge < -0.3 is 20.1 Å². The van der Waals surface area contributed by atoms with E-state index in [1.165, 1.54) is 25.7 Å². The van der Waals surface area contributed by atoms with Gasteiger partial charge in [-0.2, -0.15) is 0 Å². The molecular weight excluding hydrogens is 314 g/mol. The van der Waals surface area contributed by atoms with Crippen molar-refractivity contribution in [1.82, 2.24) is 10.6 Å². The fraction of sp³-hybridized carbons (Fsp3) is 0.650. The number of aliphatic imine (C=N–C) groups is 1. The summed E-state index contributed by atoms with van der Waals surface area (Å²) in [5.74, 6) is 2.47. The Hall–Kier alpha value is -1.75. The molecule has 3 unspecified atom stereocenters. The molecule has 3 atom stereocenters. The van der Waals surface area contributed by atoms with Crippen LogP contribution in [0.25, 0.3) is 0 Å². The molecule has 5 nitrogen and oxygen atoms in total. The van der Waals surface area contributed by atoms with Gasteiger partial charge in [0.25, 0.3) is 0 Å². The van der Waals surface area contributed by atoms with Crippen LogP contribution in [0.2, 0.25) is 0 Å².